The van der Waals surface area contributed by atoms with Crippen molar-refractivity contribution in [2.45, 2.75) is 141 Å². The monoisotopic (exact) mass is 1030 g/mol. The number of carboxylic acid groups (broad SMARTS) is 1. The summed E-state index contributed by atoms with van der Waals surface area (Å²) in [6, 6.07) is -8.71. The SMILES string of the molecule is CC(C)[C@H](NC(=O)[C@H](CCCCN)NC(=O)[C@H](CCCN=C(N)N)NC(=O)CNC(=O)[C@@H](N)CCCN=C(N)N)C(=O)N[C@H](C(=O)N[C@@H](CCCN=C(N)N)C(=O)N[C@@H](CCCN=C(N)N)C(=O)O)C(C)C. The maximum Gasteiger partial charge on any atom is 0.326 e. The molecule has 0 aliphatic carbocycles. The fraction of sp³-hybridized carbons (Fsp3) is 0.714. The summed E-state index contributed by atoms with van der Waals surface area (Å²) in [7, 11) is 0. The second kappa shape index (κ2) is 35.8. The third kappa shape index (κ3) is 29.1. The van der Waals surface area contributed by atoms with E-state index in [1.165, 1.54) is 0 Å². The first-order valence-corrected chi connectivity index (χ1v) is 23.8. The first kappa shape index (κ1) is 64.8. The van der Waals surface area contributed by atoms with Crippen LogP contribution in [-0.4, -0.2) is 158 Å². The van der Waals surface area contributed by atoms with E-state index in [0.29, 0.717) is 19.3 Å². The van der Waals surface area contributed by atoms with Crippen LogP contribution in [0.1, 0.15) is 98.3 Å². The van der Waals surface area contributed by atoms with Crippen LogP contribution in [0.25, 0.3) is 0 Å². The van der Waals surface area contributed by atoms with Gasteiger partial charge in [-0.1, -0.05) is 27.7 Å². The molecule has 72 heavy (non-hydrogen) atoms. The van der Waals surface area contributed by atoms with E-state index in [9.17, 15) is 43.5 Å². The lowest BCUT2D eigenvalue weighted by atomic mass is 9.98. The molecular formula is C42H83N21O9. The Morgan fingerprint density at radius 3 is 1.17 bits per heavy atom. The summed E-state index contributed by atoms with van der Waals surface area (Å²) in [5.41, 5.74) is 54.8. The highest BCUT2D eigenvalue weighted by Gasteiger charge is 2.35. The van der Waals surface area contributed by atoms with E-state index in [4.69, 9.17) is 57.3 Å². The number of nitrogens with two attached hydrogens (primary N) is 10. The molecule has 28 N–H and O–H groups in total. The van der Waals surface area contributed by atoms with Gasteiger partial charge in [-0.15, -0.1) is 0 Å². The summed E-state index contributed by atoms with van der Waals surface area (Å²) in [6.45, 7) is 6.80. The number of guanidine groups is 4. The topological polar surface area (TPSA) is 551 Å². The Morgan fingerprint density at radius 2 is 0.764 bits per heavy atom. The van der Waals surface area contributed by atoms with Crippen molar-refractivity contribution in [1.29, 1.82) is 0 Å². The van der Waals surface area contributed by atoms with Crippen LogP contribution in [0.4, 0.5) is 0 Å². The standard InChI is InChI=1S/C42H83N21O9/c1-22(2)30(36(69)60-27(14-9-19-55-41(49)50)34(67)61-28(38(71)72)15-10-20-56-42(51)52)63-37(70)31(23(3)4)62-35(68)26(12-5-6-16-43)59-33(66)25(13-8-18-54-40(47)48)58-29(64)21-57-32(65)24(44)11-7-17-53-39(45)46/h22-28,30-31H,5-21,43-44H2,1-4H3,(H,57,65)(H,58,64)(H,59,66)(H,60,69)(H,61,67)(H,62,68)(H,63,70)(H,71,72)(H4,45,46,53)(H4,47,48,54)(H4,49,50,55)(H4,51,52,56)/t24-,25-,26-,27-,28-,30-,31-/m0/s1. The summed E-state index contributed by atoms with van der Waals surface area (Å²) in [6.07, 6.45) is 2.04. The molecular weight excluding hydrogens is 943 g/mol. The number of carbonyl (C=O) groups excluding carboxylic acids is 7. The second-order valence-electron chi connectivity index (χ2n) is 17.5. The number of carbonyl (C=O) groups is 8. The van der Waals surface area contributed by atoms with Gasteiger partial charge in [0.05, 0.1) is 12.6 Å². The predicted molar refractivity (Wildman–Crippen MR) is 272 cm³/mol. The molecule has 0 fully saturated rings. The lowest BCUT2D eigenvalue weighted by Crippen LogP contribution is -2.61. The molecule has 0 aromatic carbocycles. The van der Waals surface area contributed by atoms with Gasteiger partial charge < -0.3 is 99.7 Å². The van der Waals surface area contributed by atoms with Gasteiger partial charge >= 0.3 is 5.97 Å². The van der Waals surface area contributed by atoms with Crippen LogP contribution >= 0.6 is 0 Å². The van der Waals surface area contributed by atoms with Gasteiger partial charge in [-0.25, -0.2) is 4.79 Å². The first-order chi connectivity index (χ1) is 33.8. The molecule has 0 rings (SSSR count). The minimum absolute atomic E-state index is 0.000946. The smallest absolute Gasteiger partial charge is 0.326 e. The maximum atomic E-state index is 14.1. The summed E-state index contributed by atoms with van der Waals surface area (Å²) < 4.78 is 0. The zero-order valence-electron chi connectivity index (χ0n) is 42.0. The molecule has 7 atom stereocenters. The van der Waals surface area contributed by atoms with E-state index < -0.39 is 108 Å². The van der Waals surface area contributed by atoms with Gasteiger partial charge in [-0.2, -0.15) is 0 Å². The van der Waals surface area contributed by atoms with Gasteiger partial charge in [0.2, 0.25) is 41.4 Å². The third-order valence-electron chi connectivity index (χ3n) is 10.5. The van der Waals surface area contributed by atoms with E-state index in [2.05, 4.69) is 57.2 Å². The number of amides is 7. The molecule has 30 nitrogen and oxygen atoms in total. The molecule has 7 amide bonds. The van der Waals surface area contributed by atoms with Gasteiger partial charge in [0.1, 0.15) is 36.3 Å². The quantitative estimate of drug-likeness (QED) is 0.0156. The van der Waals surface area contributed by atoms with Crippen LogP contribution in [0.15, 0.2) is 20.0 Å². The molecule has 0 aromatic heterocycles. The van der Waals surface area contributed by atoms with Crippen LogP contribution in [-0.2, 0) is 38.4 Å². The molecule has 30 heteroatoms. The van der Waals surface area contributed by atoms with Crippen LogP contribution in [0.2, 0.25) is 0 Å². The van der Waals surface area contributed by atoms with Crippen molar-refractivity contribution < 1.29 is 43.5 Å². The number of nitrogens with zero attached hydrogens (tertiary/aromatic N) is 4. The Labute approximate surface area is 420 Å². The fourth-order valence-electron chi connectivity index (χ4n) is 6.63. The Kier molecular flexibility index (Phi) is 32.2. The largest absolute Gasteiger partial charge is 0.480 e. The first-order valence-electron chi connectivity index (χ1n) is 23.8. The molecule has 0 saturated carbocycles. The summed E-state index contributed by atoms with van der Waals surface area (Å²) >= 11 is 0. The fourth-order valence-corrected chi connectivity index (χ4v) is 6.63. The zero-order chi connectivity index (χ0) is 54.9. The lowest BCUT2D eigenvalue weighted by Gasteiger charge is -2.30. The molecule has 0 aliphatic rings. The molecule has 0 aromatic rings. The molecule has 0 unspecified atom stereocenters. The van der Waals surface area contributed by atoms with Gasteiger partial charge in [-0.3, -0.25) is 53.5 Å². The minimum atomic E-state index is -1.37. The minimum Gasteiger partial charge on any atom is -0.480 e. The average molecular weight is 1030 g/mol. The number of aliphatic carboxylic acids is 1. The average Bonchev–Trinajstić information content (AvgIpc) is 3.29. The molecule has 0 saturated heterocycles. The van der Waals surface area contributed by atoms with Gasteiger partial charge in [0.25, 0.3) is 0 Å². The lowest BCUT2D eigenvalue weighted by molar-refractivity contribution is -0.142. The summed E-state index contributed by atoms with van der Waals surface area (Å²) in [5, 5.41) is 27.9. The van der Waals surface area contributed by atoms with Gasteiger partial charge in [0, 0.05) is 26.2 Å². The second-order valence-corrected chi connectivity index (χ2v) is 17.5. The van der Waals surface area contributed by atoms with Gasteiger partial charge in [-0.05, 0) is 89.0 Å². The van der Waals surface area contributed by atoms with Crippen molar-refractivity contribution in [1.82, 2.24) is 37.2 Å². The number of nitrogens with one attached hydrogen (secondary N) is 7. The Balaban J connectivity index is 6.39. The summed E-state index contributed by atoms with van der Waals surface area (Å²) in [4.78, 5) is 123. The number of aliphatic imine (C=N–C) groups is 4. The Morgan fingerprint density at radius 1 is 0.431 bits per heavy atom. The van der Waals surface area contributed by atoms with Crippen LogP contribution < -0.4 is 94.6 Å². The van der Waals surface area contributed by atoms with Crippen molar-refractivity contribution in [3.63, 3.8) is 0 Å². The Bertz CT molecular complexity index is 1860. The van der Waals surface area contributed by atoms with E-state index in [0.717, 1.165) is 0 Å². The van der Waals surface area contributed by atoms with Crippen molar-refractivity contribution in [3.8, 4) is 0 Å². The van der Waals surface area contributed by atoms with Crippen LogP contribution in [0.3, 0.4) is 0 Å². The number of rotatable bonds is 37. The van der Waals surface area contributed by atoms with E-state index in [-0.39, 0.29) is 108 Å². The normalized spacial score (nSPS) is 13.8. The third-order valence-corrected chi connectivity index (χ3v) is 10.5. The maximum absolute atomic E-state index is 14.1. The van der Waals surface area contributed by atoms with Crippen molar-refractivity contribution >= 4 is 71.2 Å². The number of hydrogen-bond acceptors (Lipinski definition) is 14. The molecule has 0 radical (unpaired) electrons. The molecule has 0 aliphatic heterocycles. The highest BCUT2D eigenvalue weighted by atomic mass is 16.4. The molecule has 0 heterocycles. The number of hydrogen-bond donors (Lipinski definition) is 18. The zero-order valence-corrected chi connectivity index (χ0v) is 42.0. The number of unbranched alkanes of at least 4 members (excludes halogenated alkanes) is 1. The van der Waals surface area contributed by atoms with E-state index in [1.807, 2.05) is 0 Å². The van der Waals surface area contributed by atoms with Crippen molar-refractivity contribution in [3.05, 3.63) is 0 Å². The molecule has 0 bridgehead atoms. The molecule has 0 spiro atoms. The highest BCUT2D eigenvalue weighted by molar-refractivity contribution is 5.97. The predicted octanol–water partition coefficient (Wildman–Crippen LogP) is -6.92. The van der Waals surface area contributed by atoms with Crippen molar-refractivity contribution in [2.24, 2.45) is 89.1 Å². The van der Waals surface area contributed by atoms with E-state index >= 15 is 0 Å². The van der Waals surface area contributed by atoms with Crippen molar-refractivity contribution in [2.75, 3.05) is 39.3 Å². The van der Waals surface area contributed by atoms with Gasteiger partial charge in [0.15, 0.2) is 23.8 Å². The Hall–Kier alpha value is -7.24. The van der Waals surface area contributed by atoms with E-state index in [1.54, 1.807) is 27.7 Å². The van der Waals surface area contributed by atoms with Crippen LogP contribution in [0.5, 0.6) is 0 Å². The highest BCUT2D eigenvalue weighted by Crippen LogP contribution is 2.11. The summed E-state index contributed by atoms with van der Waals surface area (Å²) in [5.74, 6) is -8.52. The molecule has 410 valence electrons. The number of carboxylic acids is 1. The van der Waals surface area contributed by atoms with Crippen LogP contribution in [0, 0.1) is 11.8 Å².